The molecular weight excluding hydrogens is 314 g/mol. The van der Waals surface area contributed by atoms with Crippen LogP contribution in [0, 0.1) is 17.8 Å². The van der Waals surface area contributed by atoms with E-state index in [0.29, 0.717) is 24.3 Å². The summed E-state index contributed by atoms with van der Waals surface area (Å²) in [6, 6.07) is 0. The minimum absolute atomic E-state index is 0.287. The van der Waals surface area contributed by atoms with E-state index in [9.17, 15) is 9.59 Å². The van der Waals surface area contributed by atoms with E-state index in [2.05, 4.69) is 14.7 Å². The number of fused-ring (bicyclic) bond motifs is 2. The van der Waals surface area contributed by atoms with Crippen LogP contribution >= 0.6 is 0 Å². The lowest BCUT2D eigenvalue weighted by molar-refractivity contribution is -0.139. The Morgan fingerprint density at radius 3 is 2.08 bits per heavy atom. The van der Waals surface area contributed by atoms with Gasteiger partial charge in [-0.05, 0) is 43.9 Å². The van der Waals surface area contributed by atoms with Crippen molar-refractivity contribution in [2.24, 2.45) is 17.8 Å². The van der Waals surface area contributed by atoms with Crippen LogP contribution in [0.3, 0.4) is 0 Å². The molecule has 0 radical (unpaired) electrons. The molecule has 140 valence electrons. The minimum atomic E-state index is 0.287. The Morgan fingerprint density at radius 2 is 1.48 bits per heavy atom. The van der Waals surface area contributed by atoms with Gasteiger partial charge in [-0.25, -0.2) is 0 Å². The van der Waals surface area contributed by atoms with E-state index >= 15 is 0 Å². The Labute approximate surface area is 151 Å². The minimum Gasteiger partial charge on any atom is -0.342 e. The smallest absolute Gasteiger partial charge is 0.236 e. The highest BCUT2D eigenvalue weighted by atomic mass is 16.2. The molecule has 2 saturated carbocycles. The molecule has 3 atom stereocenters. The van der Waals surface area contributed by atoms with Gasteiger partial charge in [-0.1, -0.05) is 19.3 Å². The Kier molecular flexibility index (Phi) is 5.30. The Bertz CT molecular complexity index is 493. The van der Waals surface area contributed by atoms with Gasteiger partial charge in [-0.3, -0.25) is 14.5 Å². The fourth-order valence-electron chi connectivity index (χ4n) is 5.52. The molecule has 5 nitrogen and oxygen atoms in total. The van der Waals surface area contributed by atoms with Gasteiger partial charge in [0.05, 0.1) is 6.54 Å². The van der Waals surface area contributed by atoms with Crippen molar-refractivity contribution in [2.75, 3.05) is 45.8 Å². The molecule has 4 rings (SSSR count). The molecule has 2 aliphatic heterocycles. The third-order valence-electron chi connectivity index (χ3n) is 7.06. The molecule has 2 bridgehead atoms. The number of hydrogen-bond acceptors (Lipinski definition) is 3. The standard InChI is InChI=1S/C20H33N3O2/c24-19(22-7-3-1-2-4-8-22)15-21-9-11-23(12-10-21)20(25)18-14-16-5-6-17(18)13-16/h16-18H,1-15H2/t16-,17-,18-/m0/s1. The quantitative estimate of drug-likeness (QED) is 0.784. The number of carbonyl (C=O) groups is 2. The van der Waals surface area contributed by atoms with Gasteiger partial charge in [0, 0.05) is 45.2 Å². The zero-order valence-electron chi connectivity index (χ0n) is 15.5. The van der Waals surface area contributed by atoms with Crippen molar-refractivity contribution in [3.8, 4) is 0 Å². The summed E-state index contributed by atoms with van der Waals surface area (Å²) in [5.74, 6) is 2.50. The van der Waals surface area contributed by atoms with Crippen molar-refractivity contribution in [1.29, 1.82) is 0 Å². The summed E-state index contributed by atoms with van der Waals surface area (Å²) >= 11 is 0. The number of likely N-dealkylation sites (tertiary alicyclic amines) is 1. The molecule has 0 aromatic rings. The molecule has 0 N–H and O–H groups in total. The molecule has 2 aliphatic carbocycles. The normalized spacial score (nSPS) is 33.5. The van der Waals surface area contributed by atoms with Gasteiger partial charge < -0.3 is 9.80 Å². The highest BCUT2D eigenvalue weighted by Gasteiger charge is 2.44. The predicted octanol–water partition coefficient (Wildman–Crippen LogP) is 1.97. The van der Waals surface area contributed by atoms with Gasteiger partial charge in [0.15, 0.2) is 0 Å². The van der Waals surface area contributed by atoms with E-state index in [1.165, 1.54) is 32.1 Å². The van der Waals surface area contributed by atoms with E-state index in [1.54, 1.807) is 0 Å². The predicted molar refractivity (Wildman–Crippen MR) is 97.0 cm³/mol. The molecule has 0 unspecified atom stereocenters. The van der Waals surface area contributed by atoms with Gasteiger partial charge in [-0.15, -0.1) is 0 Å². The first-order valence-electron chi connectivity index (χ1n) is 10.5. The maximum atomic E-state index is 12.8. The number of piperazine rings is 1. The fourth-order valence-corrected chi connectivity index (χ4v) is 5.52. The number of rotatable bonds is 3. The molecule has 0 spiro atoms. The van der Waals surface area contributed by atoms with Crippen LogP contribution in [-0.2, 0) is 9.59 Å². The molecule has 4 fully saturated rings. The first kappa shape index (κ1) is 17.3. The Balaban J connectivity index is 1.23. The number of amides is 2. The summed E-state index contributed by atoms with van der Waals surface area (Å²) in [4.78, 5) is 31.8. The molecule has 0 aromatic heterocycles. The summed E-state index contributed by atoms with van der Waals surface area (Å²) in [5, 5.41) is 0. The number of nitrogens with zero attached hydrogens (tertiary/aromatic N) is 3. The second-order valence-corrected chi connectivity index (χ2v) is 8.68. The van der Waals surface area contributed by atoms with Gasteiger partial charge in [-0.2, -0.15) is 0 Å². The lowest BCUT2D eigenvalue weighted by atomic mass is 9.87. The Hall–Kier alpha value is -1.10. The molecule has 2 heterocycles. The van der Waals surface area contributed by atoms with E-state index in [-0.39, 0.29) is 5.91 Å². The SMILES string of the molecule is O=C(CN1CCN(C(=O)[C@H]2C[C@H]3CC[C@H]2C3)CC1)N1CCCCCC1. The summed E-state index contributed by atoms with van der Waals surface area (Å²) in [7, 11) is 0. The summed E-state index contributed by atoms with van der Waals surface area (Å²) in [6.07, 6.45) is 9.86. The van der Waals surface area contributed by atoms with Crippen LogP contribution in [0.25, 0.3) is 0 Å². The zero-order chi connectivity index (χ0) is 17.2. The first-order chi connectivity index (χ1) is 12.2. The highest BCUT2D eigenvalue weighted by molar-refractivity contribution is 5.80. The molecule has 2 amide bonds. The molecule has 5 heteroatoms. The highest BCUT2D eigenvalue weighted by Crippen LogP contribution is 2.48. The average Bonchev–Trinajstić information content (AvgIpc) is 3.16. The van der Waals surface area contributed by atoms with Crippen LogP contribution in [0.15, 0.2) is 0 Å². The fraction of sp³-hybridized carbons (Fsp3) is 0.900. The molecule has 25 heavy (non-hydrogen) atoms. The maximum absolute atomic E-state index is 12.8. The van der Waals surface area contributed by atoms with Crippen LogP contribution in [0.5, 0.6) is 0 Å². The van der Waals surface area contributed by atoms with E-state index in [1.807, 2.05) is 0 Å². The monoisotopic (exact) mass is 347 g/mol. The lowest BCUT2D eigenvalue weighted by Crippen LogP contribution is -2.53. The van der Waals surface area contributed by atoms with Crippen LogP contribution in [0.4, 0.5) is 0 Å². The topological polar surface area (TPSA) is 43.9 Å². The molecule has 0 aromatic carbocycles. The van der Waals surface area contributed by atoms with Crippen LogP contribution in [0.1, 0.15) is 51.4 Å². The van der Waals surface area contributed by atoms with Gasteiger partial charge in [0.25, 0.3) is 0 Å². The van der Waals surface area contributed by atoms with Crippen molar-refractivity contribution >= 4 is 11.8 Å². The van der Waals surface area contributed by atoms with Crippen LogP contribution < -0.4 is 0 Å². The van der Waals surface area contributed by atoms with Crippen LogP contribution in [0.2, 0.25) is 0 Å². The van der Waals surface area contributed by atoms with Crippen molar-refractivity contribution in [3.63, 3.8) is 0 Å². The van der Waals surface area contributed by atoms with Crippen molar-refractivity contribution in [1.82, 2.24) is 14.7 Å². The van der Waals surface area contributed by atoms with Gasteiger partial charge in [0.1, 0.15) is 0 Å². The number of carbonyl (C=O) groups excluding carboxylic acids is 2. The third-order valence-corrected chi connectivity index (χ3v) is 7.06. The van der Waals surface area contributed by atoms with Crippen molar-refractivity contribution in [2.45, 2.75) is 51.4 Å². The molecular formula is C20H33N3O2. The second-order valence-electron chi connectivity index (χ2n) is 8.68. The largest absolute Gasteiger partial charge is 0.342 e. The summed E-state index contributed by atoms with van der Waals surface area (Å²) in [5.41, 5.74) is 0. The maximum Gasteiger partial charge on any atom is 0.236 e. The lowest BCUT2D eigenvalue weighted by Gasteiger charge is -2.37. The van der Waals surface area contributed by atoms with E-state index in [4.69, 9.17) is 0 Å². The van der Waals surface area contributed by atoms with Crippen molar-refractivity contribution < 1.29 is 9.59 Å². The Morgan fingerprint density at radius 1 is 0.760 bits per heavy atom. The van der Waals surface area contributed by atoms with Gasteiger partial charge >= 0.3 is 0 Å². The molecule has 2 saturated heterocycles. The van der Waals surface area contributed by atoms with Crippen molar-refractivity contribution in [3.05, 3.63) is 0 Å². The molecule has 4 aliphatic rings. The summed E-state index contributed by atoms with van der Waals surface area (Å²) in [6.45, 7) is 5.72. The van der Waals surface area contributed by atoms with E-state index in [0.717, 1.165) is 64.4 Å². The zero-order valence-corrected chi connectivity index (χ0v) is 15.5. The van der Waals surface area contributed by atoms with Crippen LogP contribution in [-0.4, -0.2) is 72.3 Å². The average molecular weight is 348 g/mol. The first-order valence-corrected chi connectivity index (χ1v) is 10.5. The number of hydrogen-bond donors (Lipinski definition) is 0. The van der Waals surface area contributed by atoms with Gasteiger partial charge in [0.2, 0.25) is 11.8 Å². The third kappa shape index (κ3) is 3.86. The van der Waals surface area contributed by atoms with E-state index < -0.39 is 0 Å². The summed E-state index contributed by atoms with van der Waals surface area (Å²) < 4.78 is 0. The second kappa shape index (κ2) is 7.65.